The number of rotatable bonds is 6. The van der Waals surface area contributed by atoms with E-state index in [0.717, 1.165) is 27.0 Å². The molecule has 3 rings (SSSR count). The number of thiazole rings is 1. The van der Waals surface area contributed by atoms with E-state index in [-0.39, 0.29) is 6.61 Å². The molecule has 2 N–H and O–H groups in total. The van der Waals surface area contributed by atoms with E-state index in [1.165, 1.54) is 0 Å². The molecular weight excluding hydrogens is 288 g/mol. The average molecular weight is 304 g/mol. The number of aryl methyl sites for hydroxylation is 1. The zero-order valence-electron chi connectivity index (χ0n) is 11.6. The highest BCUT2D eigenvalue weighted by Gasteiger charge is 2.12. The number of nitrogens with zero attached hydrogens (tertiary/aromatic N) is 3. The van der Waals surface area contributed by atoms with E-state index in [2.05, 4.69) is 15.4 Å². The topological polar surface area (TPSA) is 76.1 Å². The molecule has 21 heavy (non-hydrogen) atoms. The van der Waals surface area contributed by atoms with Gasteiger partial charge in [-0.05, 0) is 19.1 Å². The van der Waals surface area contributed by atoms with Gasteiger partial charge in [0.2, 0.25) is 0 Å². The zero-order valence-corrected chi connectivity index (χ0v) is 12.4. The first-order chi connectivity index (χ1) is 10.3. The summed E-state index contributed by atoms with van der Waals surface area (Å²) in [6.45, 7) is 3.24. The van der Waals surface area contributed by atoms with E-state index in [9.17, 15) is 0 Å². The van der Waals surface area contributed by atoms with E-state index >= 15 is 0 Å². The van der Waals surface area contributed by atoms with Gasteiger partial charge in [0.25, 0.3) is 0 Å². The van der Waals surface area contributed by atoms with Crippen molar-refractivity contribution in [3.8, 4) is 10.6 Å². The van der Waals surface area contributed by atoms with Gasteiger partial charge in [-0.3, -0.25) is 4.68 Å². The maximum atomic E-state index is 8.93. The average Bonchev–Trinajstić information content (AvgIpc) is 3.17. The molecule has 3 aromatic rings. The van der Waals surface area contributed by atoms with E-state index in [1.54, 1.807) is 28.5 Å². The lowest BCUT2D eigenvalue weighted by Crippen LogP contribution is -2.02. The molecule has 0 spiro atoms. The molecule has 0 aromatic carbocycles. The summed E-state index contributed by atoms with van der Waals surface area (Å²) in [6.07, 6.45) is 5.23. The van der Waals surface area contributed by atoms with Gasteiger partial charge in [0.15, 0.2) is 5.13 Å². The van der Waals surface area contributed by atoms with E-state index < -0.39 is 0 Å². The molecule has 0 saturated heterocycles. The molecule has 0 bridgehead atoms. The highest BCUT2D eigenvalue weighted by molar-refractivity contribution is 7.19. The second kappa shape index (κ2) is 6.11. The van der Waals surface area contributed by atoms with Gasteiger partial charge in [-0.2, -0.15) is 5.10 Å². The lowest BCUT2D eigenvalue weighted by molar-refractivity contribution is 0.269. The Morgan fingerprint density at radius 2 is 2.33 bits per heavy atom. The first kappa shape index (κ1) is 13.8. The zero-order chi connectivity index (χ0) is 14.7. The molecule has 3 aromatic heterocycles. The van der Waals surface area contributed by atoms with Gasteiger partial charge in [-0.1, -0.05) is 11.3 Å². The first-order valence-electron chi connectivity index (χ1n) is 6.63. The van der Waals surface area contributed by atoms with Crippen LogP contribution < -0.4 is 5.32 Å². The lowest BCUT2D eigenvalue weighted by atomic mass is 10.3. The minimum absolute atomic E-state index is 0.0836. The molecule has 3 heterocycles. The molecule has 0 aliphatic rings. The molecule has 0 radical (unpaired) electrons. The number of aliphatic hydroxyl groups is 1. The van der Waals surface area contributed by atoms with Gasteiger partial charge >= 0.3 is 0 Å². The SMILES string of the molecule is Cc1nc(NCc2ccoc2)sc1-c1ccn(CCO)n1. The standard InChI is InChI=1S/C14H16N4O2S/c1-10-13(12-2-4-18(17-12)5-6-19)21-14(16-10)15-8-11-3-7-20-9-11/h2-4,7,9,19H,5-6,8H2,1H3,(H,15,16). The van der Waals surface area contributed by atoms with Gasteiger partial charge in [-0.15, -0.1) is 0 Å². The summed E-state index contributed by atoms with van der Waals surface area (Å²) in [5.74, 6) is 0. The number of nitrogens with one attached hydrogen (secondary N) is 1. The smallest absolute Gasteiger partial charge is 0.183 e. The van der Waals surface area contributed by atoms with Crippen molar-refractivity contribution in [2.45, 2.75) is 20.0 Å². The Morgan fingerprint density at radius 3 is 3.10 bits per heavy atom. The molecule has 0 atom stereocenters. The number of aromatic nitrogens is 3. The number of hydrogen-bond donors (Lipinski definition) is 2. The van der Waals surface area contributed by atoms with Gasteiger partial charge in [0.05, 0.1) is 36.2 Å². The predicted molar refractivity (Wildman–Crippen MR) is 81.2 cm³/mol. The van der Waals surface area contributed by atoms with Crippen molar-refractivity contribution >= 4 is 16.5 Å². The quantitative estimate of drug-likeness (QED) is 0.732. The van der Waals surface area contributed by atoms with Crippen LogP contribution >= 0.6 is 11.3 Å². The van der Waals surface area contributed by atoms with Crippen molar-refractivity contribution in [1.29, 1.82) is 0 Å². The molecule has 0 amide bonds. The molecule has 0 fully saturated rings. The lowest BCUT2D eigenvalue weighted by Gasteiger charge is -1.98. The second-order valence-corrected chi connectivity index (χ2v) is 5.61. The minimum Gasteiger partial charge on any atom is -0.472 e. The molecule has 0 unspecified atom stereocenters. The minimum atomic E-state index is 0.0836. The third kappa shape index (κ3) is 3.14. The highest BCUT2D eigenvalue weighted by atomic mass is 32.1. The number of furan rings is 1. The number of anilines is 1. The van der Waals surface area contributed by atoms with Crippen molar-refractivity contribution in [2.24, 2.45) is 0 Å². The second-order valence-electron chi connectivity index (χ2n) is 4.61. The van der Waals surface area contributed by atoms with Crippen LogP contribution in [0, 0.1) is 6.92 Å². The summed E-state index contributed by atoms with van der Waals surface area (Å²) in [7, 11) is 0. The van der Waals surface area contributed by atoms with Crippen LogP contribution in [0.3, 0.4) is 0 Å². The fraction of sp³-hybridized carbons (Fsp3) is 0.286. The molecule has 6 nitrogen and oxygen atoms in total. The largest absolute Gasteiger partial charge is 0.472 e. The van der Waals surface area contributed by atoms with Crippen molar-refractivity contribution in [1.82, 2.24) is 14.8 Å². The Bertz CT molecular complexity index is 702. The fourth-order valence-corrected chi connectivity index (χ4v) is 2.92. The van der Waals surface area contributed by atoms with Crippen molar-refractivity contribution in [2.75, 3.05) is 11.9 Å². The van der Waals surface area contributed by atoms with Crippen LogP contribution in [0.5, 0.6) is 0 Å². The van der Waals surface area contributed by atoms with Gasteiger partial charge in [0, 0.05) is 18.3 Å². The summed E-state index contributed by atoms with van der Waals surface area (Å²) < 4.78 is 6.77. The summed E-state index contributed by atoms with van der Waals surface area (Å²) in [6, 6.07) is 3.86. The van der Waals surface area contributed by atoms with E-state index in [0.29, 0.717) is 13.1 Å². The number of aliphatic hydroxyl groups excluding tert-OH is 1. The maximum absolute atomic E-state index is 8.93. The number of hydrogen-bond acceptors (Lipinski definition) is 6. The molecular formula is C14H16N4O2S. The maximum Gasteiger partial charge on any atom is 0.183 e. The Labute approximate surface area is 126 Å². The van der Waals surface area contributed by atoms with Crippen LogP contribution in [-0.4, -0.2) is 26.5 Å². The summed E-state index contributed by atoms with van der Waals surface area (Å²) in [4.78, 5) is 5.56. The van der Waals surface area contributed by atoms with Crippen LogP contribution in [0.15, 0.2) is 35.3 Å². The van der Waals surface area contributed by atoms with Gasteiger partial charge in [-0.25, -0.2) is 4.98 Å². The monoisotopic (exact) mass is 304 g/mol. The van der Waals surface area contributed by atoms with E-state index in [4.69, 9.17) is 9.52 Å². The third-order valence-corrected chi connectivity index (χ3v) is 4.16. The molecule has 110 valence electrons. The van der Waals surface area contributed by atoms with Crippen molar-refractivity contribution in [3.63, 3.8) is 0 Å². The van der Waals surface area contributed by atoms with Crippen LogP contribution in [0.1, 0.15) is 11.3 Å². The van der Waals surface area contributed by atoms with Crippen LogP contribution in [-0.2, 0) is 13.1 Å². The highest BCUT2D eigenvalue weighted by Crippen LogP contribution is 2.31. The van der Waals surface area contributed by atoms with Crippen molar-refractivity contribution in [3.05, 3.63) is 42.1 Å². The van der Waals surface area contributed by atoms with Gasteiger partial charge in [0.1, 0.15) is 5.69 Å². The van der Waals surface area contributed by atoms with E-state index in [1.807, 2.05) is 25.3 Å². The van der Waals surface area contributed by atoms with Crippen molar-refractivity contribution < 1.29 is 9.52 Å². The summed E-state index contributed by atoms with van der Waals surface area (Å²) in [5.41, 5.74) is 2.91. The molecule has 0 aliphatic carbocycles. The Morgan fingerprint density at radius 1 is 1.43 bits per heavy atom. The van der Waals surface area contributed by atoms with Crippen LogP contribution in [0.25, 0.3) is 10.6 Å². The Balaban J connectivity index is 1.73. The third-order valence-electron chi connectivity index (χ3n) is 3.02. The summed E-state index contributed by atoms with van der Waals surface area (Å²) in [5, 5.41) is 17.5. The fourth-order valence-electron chi connectivity index (χ4n) is 1.99. The summed E-state index contributed by atoms with van der Waals surface area (Å²) >= 11 is 1.57. The molecule has 0 aliphatic heterocycles. The predicted octanol–water partition coefficient (Wildman–Crippen LogP) is 2.51. The van der Waals surface area contributed by atoms with Crippen LogP contribution in [0.2, 0.25) is 0 Å². The normalized spacial score (nSPS) is 11.0. The molecule has 0 saturated carbocycles. The van der Waals surface area contributed by atoms with Gasteiger partial charge < -0.3 is 14.8 Å². The van der Waals surface area contributed by atoms with Crippen LogP contribution in [0.4, 0.5) is 5.13 Å². The molecule has 7 heteroatoms. The Kier molecular flexibility index (Phi) is 4.03. The Hall–Kier alpha value is -2.12. The first-order valence-corrected chi connectivity index (χ1v) is 7.45.